The summed E-state index contributed by atoms with van der Waals surface area (Å²) in [7, 11) is 1.66. The zero-order valence-electron chi connectivity index (χ0n) is 16.0. The van der Waals surface area contributed by atoms with Crippen molar-refractivity contribution in [3.63, 3.8) is 0 Å². The van der Waals surface area contributed by atoms with E-state index in [4.69, 9.17) is 21.1 Å². The van der Waals surface area contributed by atoms with E-state index in [-0.39, 0.29) is 0 Å². The molecule has 0 aliphatic carbocycles. The van der Waals surface area contributed by atoms with Gasteiger partial charge in [0.1, 0.15) is 6.61 Å². The third kappa shape index (κ3) is 5.51. The van der Waals surface area contributed by atoms with Crippen molar-refractivity contribution in [3.05, 3.63) is 92.4 Å². The second kappa shape index (κ2) is 9.97. The normalized spacial score (nSPS) is 10.7. The molecule has 3 nitrogen and oxygen atoms in total. The number of ether oxygens (including phenoxy) is 2. The lowest BCUT2D eigenvalue weighted by Crippen LogP contribution is -2.13. The Bertz CT molecular complexity index is 946. The van der Waals surface area contributed by atoms with Crippen LogP contribution >= 0.6 is 27.5 Å². The highest BCUT2D eigenvalue weighted by molar-refractivity contribution is 9.10. The van der Waals surface area contributed by atoms with Gasteiger partial charge >= 0.3 is 0 Å². The number of hydrogen-bond acceptors (Lipinski definition) is 3. The lowest BCUT2D eigenvalue weighted by atomic mass is 10.1. The van der Waals surface area contributed by atoms with E-state index in [1.807, 2.05) is 42.5 Å². The standard InChI is InChI=1S/C23H23BrClNO2/c1-16-6-5-7-17(10-16)15-28-23-12-20(24)19(11-22(23)27-2)14-26-13-18-8-3-4-9-21(18)25/h3-12,26H,13-15H2,1-2H3. The van der Waals surface area contributed by atoms with E-state index in [0.717, 1.165) is 26.2 Å². The van der Waals surface area contributed by atoms with Crippen molar-refractivity contribution in [2.24, 2.45) is 0 Å². The average molecular weight is 461 g/mol. The van der Waals surface area contributed by atoms with E-state index in [1.165, 1.54) is 5.56 Å². The summed E-state index contributed by atoms with van der Waals surface area (Å²) >= 11 is 9.86. The maximum absolute atomic E-state index is 6.21. The molecule has 1 N–H and O–H groups in total. The quantitative estimate of drug-likeness (QED) is 0.428. The predicted molar refractivity (Wildman–Crippen MR) is 118 cm³/mol. The van der Waals surface area contributed by atoms with Gasteiger partial charge in [0.2, 0.25) is 0 Å². The summed E-state index contributed by atoms with van der Waals surface area (Å²) in [4.78, 5) is 0. The minimum Gasteiger partial charge on any atom is -0.493 e. The molecule has 0 aromatic heterocycles. The Kier molecular flexibility index (Phi) is 7.37. The van der Waals surface area contributed by atoms with E-state index in [1.54, 1.807) is 7.11 Å². The van der Waals surface area contributed by atoms with Gasteiger partial charge in [0.15, 0.2) is 11.5 Å². The van der Waals surface area contributed by atoms with Gasteiger partial charge in [-0.05, 0) is 41.8 Å². The van der Waals surface area contributed by atoms with Gasteiger partial charge in [-0.15, -0.1) is 0 Å². The molecule has 0 radical (unpaired) electrons. The van der Waals surface area contributed by atoms with Gasteiger partial charge < -0.3 is 14.8 Å². The smallest absolute Gasteiger partial charge is 0.162 e. The highest BCUT2D eigenvalue weighted by Crippen LogP contribution is 2.34. The zero-order valence-corrected chi connectivity index (χ0v) is 18.3. The van der Waals surface area contributed by atoms with Gasteiger partial charge in [-0.2, -0.15) is 0 Å². The monoisotopic (exact) mass is 459 g/mol. The van der Waals surface area contributed by atoms with Crippen LogP contribution in [0.15, 0.2) is 65.1 Å². The first kappa shape index (κ1) is 20.7. The number of hydrogen-bond donors (Lipinski definition) is 1. The van der Waals surface area contributed by atoms with Gasteiger partial charge in [0.25, 0.3) is 0 Å². The molecule has 0 spiro atoms. The Morgan fingerprint density at radius 3 is 2.46 bits per heavy atom. The molecule has 0 saturated carbocycles. The third-order valence-electron chi connectivity index (χ3n) is 4.40. The van der Waals surface area contributed by atoms with Gasteiger partial charge in [-0.25, -0.2) is 0 Å². The highest BCUT2D eigenvalue weighted by Gasteiger charge is 2.11. The van der Waals surface area contributed by atoms with E-state index in [0.29, 0.717) is 31.2 Å². The fourth-order valence-corrected chi connectivity index (χ4v) is 3.59. The van der Waals surface area contributed by atoms with Crippen LogP contribution in [0.5, 0.6) is 11.5 Å². The summed E-state index contributed by atoms with van der Waals surface area (Å²) < 4.78 is 12.5. The van der Waals surface area contributed by atoms with Crippen molar-refractivity contribution < 1.29 is 9.47 Å². The molecular weight excluding hydrogens is 438 g/mol. The Morgan fingerprint density at radius 2 is 1.71 bits per heavy atom. The van der Waals surface area contributed by atoms with Crippen LogP contribution in [-0.2, 0) is 19.7 Å². The van der Waals surface area contributed by atoms with Crippen molar-refractivity contribution in [3.8, 4) is 11.5 Å². The molecule has 3 rings (SSSR count). The van der Waals surface area contributed by atoms with Gasteiger partial charge in [-0.1, -0.05) is 75.6 Å². The summed E-state index contributed by atoms with van der Waals surface area (Å²) in [5.41, 5.74) is 4.51. The molecule has 0 atom stereocenters. The number of benzene rings is 3. The topological polar surface area (TPSA) is 30.5 Å². The van der Waals surface area contributed by atoms with Crippen LogP contribution < -0.4 is 14.8 Å². The summed E-state index contributed by atoms with van der Waals surface area (Å²) in [5, 5.41) is 4.19. The summed E-state index contributed by atoms with van der Waals surface area (Å²) in [6.45, 7) is 3.94. The third-order valence-corrected chi connectivity index (χ3v) is 5.51. The van der Waals surface area contributed by atoms with Gasteiger partial charge in [0, 0.05) is 22.6 Å². The molecule has 0 fully saturated rings. The van der Waals surface area contributed by atoms with Crippen LogP contribution in [0, 0.1) is 6.92 Å². The van der Waals surface area contributed by atoms with Crippen molar-refractivity contribution >= 4 is 27.5 Å². The molecule has 146 valence electrons. The first-order chi connectivity index (χ1) is 13.6. The zero-order chi connectivity index (χ0) is 19.9. The van der Waals surface area contributed by atoms with E-state index < -0.39 is 0 Å². The van der Waals surface area contributed by atoms with Crippen LogP contribution in [0.3, 0.4) is 0 Å². The largest absolute Gasteiger partial charge is 0.493 e. The molecule has 5 heteroatoms. The molecule has 28 heavy (non-hydrogen) atoms. The second-order valence-electron chi connectivity index (χ2n) is 6.57. The van der Waals surface area contributed by atoms with Gasteiger partial charge in [-0.3, -0.25) is 0 Å². The number of aryl methyl sites for hydroxylation is 1. The fraction of sp³-hybridized carbons (Fsp3) is 0.217. The molecule has 3 aromatic carbocycles. The summed E-state index contributed by atoms with van der Waals surface area (Å²) in [6, 6.07) is 20.1. The van der Waals surface area contributed by atoms with Crippen molar-refractivity contribution in [1.82, 2.24) is 5.32 Å². The Balaban J connectivity index is 1.66. The number of halogens is 2. The number of rotatable bonds is 8. The Morgan fingerprint density at radius 1 is 0.929 bits per heavy atom. The maximum atomic E-state index is 6.21. The van der Waals surface area contributed by atoms with E-state index in [9.17, 15) is 0 Å². The van der Waals surface area contributed by atoms with Crippen LogP contribution in [0.1, 0.15) is 22.3 Å². The molecule has 0 unspecified atom stereocenters. The van der Waals surface area contributed by atoms with Crippen molar-refractivity contribution in [1.29, 1.82) is 0 Å². The molecule has 0 bridgehead atoms. The number of methoxy groups -OCH3 is 1. The first-order valence-corrected chi connectivity index (χ1v) is 10.2. The Hall–Kier alpha value is -2.01. The van der Waals surface area contributed by atoms with Crippen molar-refractivity contribution in [2.75, 3.05) is 7.11 Å². The van der Waals surface area contributed by atoms with E-state index >= 15 is 0 Å². The fourth-order valence-electron chi connectivity index (χ4n) is 2.92. The van der Waals surface area contributed by atoms with Gasteiger partial charge in [0.05, 0.1) is 7.11 Å². The summed E-state index contributed by atoms with van der Waals surface area (Å²) in [5.74, 6) is 1.43. The maximum Gasteiger partial charge on any atom is 0.162 e. The minimum absolute atomic E-state index is 0.495. The predicted octanol–water partition coefficient (Wildman–Crippen LogP) is 6.29. The van der Waals surface area contributed by atoms with E-state index in [2.05, 4.69) is 46.4 Å². The van der Waals surface area contributed by atoms with Crippen LogP contribution in [0.4, 0.5) is 0 Å². The average Bonchev–Trinajstić information content (AvgIpc) is 2.69. The van der Waals surface area contributed by atoms with Crippen LogP contribution in [-0.4, -0.2) is 7.11 Å². The molecule has 0 heterocycles. The second-order valence-corrected chi connectivity index (χ2v) is 7.83. The molecular formula is C23H23BrClNO2. The van der Waals surface area contributed by atoms with Crippen LogP contribution in [0.25, 0.3) is 0 Å². The summed E-state index contributed by atoms with van der Waals surface area (Å²) in [6.07, 6.45) is 0. The highest BCUT2D eigenvalue weighted by atomic mass is 79.9. The molecule has 0 aliphatic rings. The minimum atomic E-state index is 0.495. The number of nitrogens with one attached hydrogen (secondary N) is 1. The van der Waals surface area contributed by atoms with Crippen molar-refractivity contribution in [2.45, 2.75) is 26.6 Å². The molecule has 0 aliphatic heterocycles. The SMILES string of the molecule is COc1cc(CNCc2ccccc2Cl)c(Br)cc1OCc1cccc(C)c1. The Labute approximate surface area is 179 Å². The molecule has 3 aromatic rings. The lowest BCUT2D eigenvalue weighted by molar-refractivity contribution is 0.284. The first-order valence-electron chi connectivity index (χ1n) is 9.05. The molecule has 0 saturated heterocycles. The molecule has 0 amide bonds. The van der Waals surface area contributed by atoms with Crippen LogP contribution in [0.2, 0.25) is 5.02 Å². The lowest BCUT2D eigenvalue weighted by Gasteiger charge is -2.15.